The molecule has 0 saturated carbocycles. The van der Waals surface area contributed by atoms with Crippen LogP contribution in [0.15, 0.2) is 69.9 Å². The maximum atomic E-state index is 12.3. The van der Waals surface area contributed by atoms with Gasteiger partial charge in [-0.15, -0.1) is 0 Å². The second-order valence-corrected chi connectivity index (χ2v) is 6.87. The number of nitrogens with one attached hydrogen (secondary N) is 2. The number of ether oxygens (including phenoxy) is 1. The molecule has 0 spiro atoms. The van der Waals surface area contributed by atoms with Gasteiger partial charge >= 0.3 is 6.03 Å². The van der Waals surface area contributed by atoms with Crippen LogP contribution < -0.4 is 15.4 Å². The fourth-order valence-corrected chi connectivity index (χ4v) is 3.43. The molecule has 0 radical (unpaired) electrons. The first-order chi connectivity index (χ1) is 13.0. The molecule has 2 N–H and O–H groups in total. The summed E-state index contributed by atoms with van der Waals surface area (Å²) in [6.07, 6.45) is 2.70. The Bertz CT molecular complexity index is 946. The molecule has 9 heteroatoms. The number of amides is 3. The van der Waals surface area contributed by atoms with Crippen molar-refractivity contribution >= 4 is 49.6 Å². The summed E-state index contributed by atoms with van der Waals surface area (Å²) in [5, 5.41) is 4.67. The molecule has 1 aromatic heterocycles. The van der Waals surface area contributed by atoms with Gasteiger partial charge in [0.1, 0.15) is 5.75 Å². The predicted molar refractivity (Wildman–Crippen MR) is 107 cm³/mol. The van der Waals surface area contributed by atoms with E-state index in [1.54, 1.807) is 30.3 Å². The summed E-state index contributed by atoms with van der Waals surface area (Å²) in [7, 11) is 0. The van der Waals surface area contributed by atoms with Crippen molar-refractivity contribution in [2.75, 3.05) is 5.32 Å². The first-order valence-electron chi connectivity index (χ1n) is 7.64. The number of para-hydroxylation sites is 1. The quantitative estimate of drug-likeness (QED) is 0.549. The molecule has 0 unspecified atom stereocenters. The maximum absolute atomic E-state index is 12.3. The molecule has 0 saturated heterocycles. The molecule has 1 heterocycles. The van der Waals surface area contributed by atoms with Crippen molar-refractivity contribution in [3.05, 3.63) is 75.4 Å². The summed E-state index contributed by atoms with van der Waals surface area (Å²) in [5.74, 6) is 0.506. The molecule has 0 aliphatic heterocycles. The van der Waals surface area contributed by atoms with E-state index in [0.29, 0.717) is 20.3 Å². The van der Waals surface area contributed by atoms with Crippen molar-refractivity contribution in [2.24, 2.45) is 0 Å². The van der Waals surface area contributed by atoms with Crippen LogP contribution in [0.2, 0.25) is 0 Å². The Morgan fingerprint density at radius 3 is 2.22 bits per heavy atom. The number of imide groups is 1. The molecule has 27 heavy (non-hydrogen) atoms. The van der Waals surface area contributed by atoms with Crippen LogP contribution in [-0.2, 0) is 0 Å². The van der Waals surface area contributed by atoms with Gasteiger partial charge in [-0.25, -0.2) is 14.8 Å². The Hall–Kier alpha value is -2.78. The van der Waals surface area contributed by atoms with Gasteiger partial charge in [0.15, 0.2) is 5.82 Å². The Morgan fingerprint density at radius 2 is 1.59 bits per heavy atom. The number of nitrogens with zero attached hydrogens (tertiary/aromatic N) is 2. The zero-order chi connectivity index (χ0) is 19.2. The Balaban J connectivity index is 1.60. The largest absolute Gasteiger partial charge is 0.438 e. The molecule has 0 aliphatic rings. The van der Waals surface area contributed by atoms with Gasteiger partial charge in [0.25, 0.3) is 5.91 Å². The third-order valence-corrected chi connectivity index (χ3v) is 4.57. The topological polar surface area (TPSA) is 93.2 Å². The highest BCUT2D eigenvalue weighted by molar-refractivity contribution is 9.11. The molecule has 0 atom stereocenters. The fraction of sp³-hybridized carbons (Fsp3) is 0. The van der Waals surface area contributed by atoms with E-state index in [4.69, 9.17) is 4.74 Å². The van der Waals surface area contributed by atoms with Crippen molar-refractivity contribution in [1.82, 2.24) is 15.3 Å². The number of halogens is 2. The average molecular weight is 492 g/mol. The predicted octanol–water partition coefficient (Wildman–Crippen LogP) is 4.76. The van der Waals surface area contributed by atoms with Crippen molar-refractivity contribution in [3.8, 4) is 11.6 Å². The van der Waals surface area contributed by atoms with E-state index >= 15 is 0 Å². The van der Waals surface area contributed by atoms with Gasteiger partial charge in [-0.1, -0.05) is 24.3 Å². The number of urea groups is 1. The molecule has 136 valence electrons. The third kappa shape index (κ3) is 5.11. The average Bonchev–Trinajstić information content (AvgIpc) is 2.64. The number of anilines is 1. The minimum absolute atomic E-state index is 0.173. The summed E-state index contributed by atoms with van der Waals surface area (Å²) in [6, 6.07) is 13.6. The van der Waals surface area contributed by atoms with E-state index < -0.39 is 11.9 Å². The van der Waals surface area contributed by atoms with Crippen LogP contribution in [0.25, 0.3) is 0 Å². The number of carbonyl (C=O) groups is 2. The molecule has 0 fully saturated rings. The van der Waals surface area contributed by atoms with Crippen LogP contribution >= 0.6 is 31.9 Å². The lowest BCUT2D eigenvalue weighted by atomic mass is 10.2. The van der Waals surface area contributed by atoms with Gasteiger partial charge in [0.2, 0.25) is 5.88 Å². The summed E-state index contributed by atoms with van der Waals surface area (Å²) in [4.78, 5) is 32.4. The van der Waals surface area contributed by atoms with E-state index in [0.717, 1.165) is 0 Å². The summed E-state index contributed by atoms with van der Waals surface area (Å²) in [6.45, 7) is 0. The number of hydrogen-bond donors (Lipinski definition) is 2. The van der Waals surface area contributed by atoms with E-state index in [1.807, 2.05) is 18.2 Å². The Kier molecular flexibility index (Phi) is 6.15. The second-order valence-electron chi connectivity index (χ2n) is 5.16. The van der Waals surface area contributed by atoms with E-state index in [9.17, 15) is 9.59 Å². The summed E-state index contributed by atoms with van der Waals surface area (Å²) < 4.78 is 6.64. The second kappa shape index (κ2) is 8.74. The third-order valence-electron chi connectivity index (χ3n) is 3.25. The summed E-state index contributed by atoms with van der Waals surface area (Å²) in [5.41, 5.74) is 0.311. The van der Waals surface area contributed by atoms with Gasteiger partial charge in [0, 0.05) is 8.95 Å². The highest BCUT2D eigenvalue weighted by Crippen LogP contribution is 2.25. The monoisotopic (exact) mass is 490 g/mol. The number of rotatable bonds is 4. The highest BCUT2D eigenvalue weighted by Gasteiger charge is 2.16. The minimum Gasteiger partial charge on any atom is -0.438 e. The number of carbonyl (C=O) groups excluding carboxylic acids is 2. The van der Waals surface area contributed by atoms with Gasteiger partial charge in [-0.3, -0.25) is 15.4 Å². The zero-order valence-electron chi connectivity index (χ0n) is 13.6. The van der Waals surface area contributed by atoms with Gasteiger partial charge in [-0.05, 0) is 56.1 Å². The molecule has 3 amide bonds. The zero-order valence-corrected chi connectivity index (χ0v) is 16.8. The van der Waals surface area contributed by atoms with Gasteiger partial charge in [-0.2, -0.15) is 0 Å². The van der Waals surface area contributed by atoms with Crippen LogP contribution in [0.3, 0.4) is 0 Å². The standard InChI is InChI=1S/C18H12Br2N4O3/c19-12-7-4-8-13(20)16(12)17(25)24-18(26)23-14-9-22-15(10-21-14)27-11-5-2-1-3-6-11/h1-10H,(H2,21,23,24,25,26). The minimum atomic E-state index is -0.728. The van der Waals surface area contributed by atoms with E-state index in [1.165, 1.54) is 12.4 Å². The van der Waals surface area contributed by atoms with Crippen molar-refractivity contribution in [2.45, 2.75) is 0 Å². The number of hydrogen-bond acceptors (Lipinski definition) is 5. The van der Waals surface area contributed by atoms with Crippen LogP contribution in [0, 0.1) is 0 Å². The molecular weight excluding hydrogens is 480 g/mol. The molecular formula is C18H12Br2N4O3. The molecule has 2 aromatic carbocycles. The Labute approximate surface area is 171 Å². The smallest absolute Gasteiger partial charge is 0.327 e. The van der Waals surface area contributed by atoms with Crippen molar-refractivity contribution in [1.29, 1.82) is 0 Å². The number of aromatic nitrogens is 2. The molecule has 7 nitrogen and oxygen atoms in total. The Morgan fingerprint density at radius 1 is 0.889 bits per heavy atom. The van der Waals surface area contributed by atoms with Crippen LogP contribution in [0.5, 0.6) is 11.6 Å². The lowest BCUT2D eigenvalue weighted by Crippen LogP contribution is -2.35. The number of benzene rings is 2. The molecule has 0 aliphatic carbocycles. The first kappa shape index (κ1) is 19.0. The highest BCUT2D eigenvalue weighted by atomic mass is 79.9. The van der Waals surface area contributed by atoms with Crippen molar-refractivity contribution in [3.63, 3.8) is 0 Å². The lowest BCUT2D eigenvalue weighted by molar-refractivity contribution is 0.0965. The van der Waals surface area contributed by atoms with Gasteiger partial charge < -0.3 is 4.74 Å². The van der Waals surface area contributed by atoms with Crippen LogP contribution in [0.1, 0.15) is 10.4 Å². The van der Waals surface area contributed by atoms with E-state index in [-0.39, 0.29) is 11.7 Å². The molecule has 3 rings (SSSR count). The molecule has 3 aromatic rings. The van der Waals surface area contributed by atoms with Gasteiger partial charge in [0.05, 0.1) is 18.0 Å². The van der Waals surface area contributed by atoms with Crippen LogP contribution in [-0.4, -0.2) is 21.9 Å². The SMILES string of the molecule is O=C(NC(=O)c1c(Br)cccc1Br)Nc1cnc(Oc2ccccc2)cn1. The normalized spacial score (nSPS) is 10.1. The first-order valence-corrected chi connectivity index (χ1v) is 9.23. The van der Waals surface area contributed by atoms with E-state index in [2.05, 4.69) is 52.5 Å². The maximum Gasteiger partial charge on any atom is 0.327 e. The van der Waals surface area contributed by atoms with Crippen molar-refractivity contribution < 1.29 is 14.3 Å². The molecule has 0 bridgehead atoms. The summed E-state index contributed by atoms with van der Waals surface area (Å²) >= 11 is 6.56. The lowest BCUT2D eigenvalue weighted by Gasteiger charge is -2.09. The fourth-order valence-electron chi connectivity index (χ4n) is 2.07. The van der Waals surface area contributed by atoms with Crippen LogP contribution in [0.4, 0.5) is 10.6 Å².